The molecule has 2 N–H and O–H groups in total. The van der Waals surface area contributed by atoms with Gasteiger partial charge in [-0.15, -0.1) is 0 Å². The van der Waals surface area contributed by atoms with E-state index < -0.39 is 0 Å². The summed E-state index contributed by atoms with van der Waals surface area (Å²) in [7, 11) is 1.65. The molecule has 0 spiro atoms. The maximum atomic E-state index is 9.18. The number of rotatable bonds is 9. The third-order valence-electron chi connectivity index (χ3n) is 2.18. The predicted octanol–water partition coefficient (Wildman–Crippen LogP) is 0.400. The molecule has 14 heavy (non-hydrogen) atoms. The van der Waals surface area contributed by atoms with Crippen LogP contribution in [0.25, 0.3) is 0 Å². The zero-order valence-electron chi connectivity index (χ0n) is 9.51. The van der Waals surface area contributed by atoms with Gasteiger partial charge in [-0.1, -0.05) is 6.92 Å². The summed E-state index contributed by atoms with van der Waals surface area (Å²) in [4.78, 5) is 0. The highest BCUT2D eigenvalue weighted by molar-refractivity contribution is 4.81. The van der Waals surface area contributed by atoms with Crippen LogP contribution in [-0.4, -0.2) is 50.7 Å². The summed E-state index contributed by atoms with van der Waals surface area (Å²) >= 11 is 0. The van der Waals surface area contributed by atoms with E-state index in [2.05, 4.69) is 5.32 Å². The van der Waals surface area contributed by atoms with Gasteiger partial charge in [0.2, 0.25) is 0 Å². The van der Waals surface area contributed by atoms with Gasteiger partial charge in [-0.2, -0.15) is 0 Å². The number of aliphatic hydroxyl groups excluding tert-OH is 1. The summed E-state index contributed by atoms with van der Waals surface area (Å²) in [5.41, 5.74) is -0.220. The molecule has 1 atom stereocenters. The van der Waals surface area contributed by atoms with E-state index in [-0.39, 0.29) is 12.1 Å². The monoisotopic (exact) mass is 205 g/mol. The van der Waals surface area contributed by atoms with Gasteiger partial charge >= 0.3 is 0 Å². The Hall–Kier alpha value is -0.160. The fourth-order valence-electron chi connectivity index (χ4n) is 1.19. The fraction of sp³-hybridized carbons (Fsp3) is 1.00. The number of hydrogen-bond donors (Lipinski definition) is 2. The number of ether oxygens (including phenoxy) is 2. The van der Waals surface area contributed by atoms with E-state index in [0.29, 0.717) is 19.8 Å². The number of aliphatic hydroxyl groups is 1. The second-order valence-corrected chi connectivity index (χ2v) is 3.60. The third-order valence-corrected chi connectivity index (χ3v) is 2.18. The summed E-state index contributed by atoms with van der Waals surface area (Å²) < 4.78 is 10.2. The zero-order chi connectivity index (χ0) is 10.9. The van der Waals surface area contributed by atoms with Gasteiger partial charge in [0, 0.05) is 19.3 Å². The van der Waals surface area contributed by atoms with Gasteiger partial charge in [0.05, 0.1) is 19.8 Å². The molecule has 0 amide bonds. The van der Waals surface area contributed by atoms with Crippen LogP contribution >= 0.6 is 0 Å². The molecule has 0 aliphatic carbocycles. The number of likely N-dealkylation sites (N-methyl/N-ethyl adjacent to an activating group) is 1. The lowest BCUT2D eigenvalue weighted by Crippen LogP contribution is -2.46. The molecule has 4 heteroatoms. The van der Waals surface area contributed by atoms with Gasteiger partial charge in [0.15, 0.2) is 0 Å². The summed E-state index contributed by atoms with van der Waals surface area (Å²) in [5.74, 6) is 0. The third kappa shape index (κ3) is 6.32. The summed E-state index contributed by atoms with van der Waals surface area (Å²) in [5, 5.41) is 12.4. The Kier molecular flexibility index (Phi) is 8.08. The number of methoxy groups -OCH3 is 1. The number of hydrogen-bond acceptors (Lipinski definition) is 4. The molecular weight excluding hydrogens is 182 g/mol. The van der Waals surface area contributed by atoms with E-state index in [1.165, 1.54) is 0 Å². The van der Waals surface area contributed by atoms with E-state index in [0.717, 1.165) is 13.0 Å². The van der Waals surface area contributed by atoms with Crippen LogP contribution in [0.15, 0.2) is 0 Å². The normalized spacial score (nSPS) is 15.4. The minimum atomic E-state index is -0.220. The van der Waals surface area contributed by atoms with Crippen molar-refractivity contribution in [2.75, 3.05) is 40.1 Å². The first kappa shape index (κ1) is 13.8. The van der Waals surface area contributed by atoms with E-state index in [4.69, 9.17) is 9.47 Å². The number of nitrogens with one attached hydrogen (secondary N) is 1. The molecule has 0 saturated heterocycles. The summed E-state index contributed by atoms with van der Waals surface area (Å²) in [6.45, 7) is 6.90. The molecule has 0 aliphatic rings. The Balaban J connectivity index is 3.51. The lowest BCUT2D eigenvalue weighted by molar-refractivity contribution is 0.0508. The van der Waals surface area contributed by atoms with Crippen molar-refractivity contribution in [2.45, 2.75) is 25.8 Å². The van der Waals surface area contributed by atoms with Crippen molar-refractivity contribution in [3.8, 4) is 0 Å². The average Bonchev–Trinajstić information content (AvgIpc) is 2.18. The highest BCUT2D eigenvalue weighted by Gasteiger charge is 2.20. The smallest absolute Gasteiger partial charge is 0.0700 e. The standard InChI is InChI=1S/C10H23NO3/c1-4-11-10(2,9-12)5-6-14-8-7-13-3/h11-12H,4-9H2,1-3H3. The van der Waals surface area contributed by atoms with Crippen LogP contribution in [-0.2, 0) is 9.47 Å². The van der Waals surface area contributed by atoms with E-state index in [1.54, 1.807) is 7.11 Å². The lowest BCUT2D eigenvalue weighted by Gasteiger charge is -2.28. The van der Waals surface area contributed by atoms with E-state index >= 15 is 0 Å². The minimum Gasteiger partial charge on any atom is -0.394 e. The molecular formula is C10H23NO3. The molecule has 0 rings (SSSR count). The first-order valence-corrected chi connectivity index (χ1v) is 5.11. The van der Waals surface area contributed by atoms with Crippen LogP contribution in [0.3, 0.4) is 0 Å². The molecule has 0 bridgehead atoms. The van der Waals surface area contributed by atoms with E-state index in [9.17, 15) is 5.11 Å². The Labute approximate surface area is 86.6 Å². The maximum absolute atomic E-state index is 9.18. The molecule has 0 aromatic rings. The van der Waals surface area contributed by atoms with Crippen LogP contribution in [0.5, 0.6) is 0 Å². The molecule has 0 radical (unpaired) electrons. The van der Waals surface area contributed by atoms with Gasteiger partial charge in [0.25, 0.3) is 0 Å². The quantitative estimate of drug-likeness (QED) is 0.535. The van der Waals surface area contributed by atoms with Gasteiger partial charge in [-0.05, 0) is 19.9 Å². The van der Waals surface area contributed by atoms with Crippen LogP contribution in [0.2, 0.25) is 0 Å². The van der Waals surface area contributed by atoms with E-state index in [1.807, 2.05) is 13.8 Å². The molecule has 0 aliphatic heterocycles. The lowest BCUT2D eigenvalue weighted by atomic mass is 10.00. The van der Waals surface area contributed by atoms with Crippen molar-refractivity contribution in [1.29, 1.82) is 0 Å². The largest absolute Gasteiger partial charge is 0.394 e. The second kappa shape index (κ2) is 8.17. The van der Waals surface area contributed by atoms with Crippen LogP contribution < -0.4 is 5.32 Å². The van der Waals surface area contributed by atoms with Gasteiger partial charge in [-0.3, -0.25) is 0 Å². The maximum Gasteiger partial charge on any atom is 0.0700 e. The zero-order valence-corrected chi connectivity index (χ0v) is 9.51. The summed E-state index contributed by atoms with van der Waals surface area (Å²) in [6, 6.07) is 0. The van der Waals surface area contributed by atoms with Crippen molar-refractivity contribution >= 4 is 0 Å². The highest BCUT2D eigenvalue weighted by Crippen LogP contribution is 2.08. The molecule has 0 saturated carbocycles. The SMILES string of the molecule is CCNC(C)(CO)CCOCCOC. The van der Waals surface area contributed by atoms with Crippen molar-refractivity contribution < 1.29 is 14.6 Å². The van der Waals surface area contributed by atoms with Crippen LogP contribution in [0.1, 0.15) is 20.3 Å². The Morgan fingerprint density at radius 2 is 2.00 bits per heavy atom. The molecule has 4 nitrogen and oxygen atoms in total. The van der Waals surface area contributed by atoms with Crippen LogP contribution in [0, 0.1) is 0 Å². The van der Waals surface area contributed by atoms with Crippen molar-refractivity contribution in [3.05, 3.63) is 0 Å². The van der Waals surface area contributed by atoms with Gasteiger partial charge < -0.3 is 19.9 Å². The minimum absolute atomic E-state index is 0.133. The molecule has 0 aromatic carbocycles. The molecule has 0 heterocycles. The van der Waals surface area contributed by atoms with Crippen molar-refractivity contribution in [2.24, 2.45) is 0 Å². The van der Waals surface area contributed by atoms with Gasteiger partial charge in [-0.25, -0.2) is 0 Å². The molecule has 0 fully saturated rings. The summed E-state index contributed by atoms with van der Waals surface area (Å²) in [6.07, 6.45) is 0.807. The molecule has 86 valence electrons. The highest BCUT2D eigenvalue weighted by atomic mass is 16.5. The molecule has 1 unspecified atom stereocenters. The second-order valence-electron chi connectivity index (χ2n) is 3.60. The average molecular weight is 205 g/mol. The Bertz CT molecular complexity index is 133. The fourth-order valence-corrected chi connectivity index (χ4v) is 1.19. The Morgan fingerprint density at radius 3 is 2.50 bits per heavy atom. The first-order chi connectivity index (χ1) is 6.68. The molecule has 0 aromatic heterocycles. The van der Waals surface area contributed by atoms with Gasteiger partial charge in [0.1, 0.15) is 0 Å². The topological polar surface area (TPSA) is 50.7 Å². The van der Waals surface area contributed by atoms with Crippen molar-refractivity contribution in [3.63, 3.8) is 0 Å². The predicted molar refractivity (Wildman–Crippen MR) is 56.5 cm³/mol. The first-order valence-electron chi connectivity index (χ1n) is 5.11. The Morgan fingerprint density at radius 1 is 1.29 bits per heavy atom. The van der Waals surface area contributed by atoms with Crippen LogP contribution in [0.4, 0.5) is 0 Å². The van der Waals surface area contributed by atoms with Crippen molar-refractivity contribution in [1.82, 2.24) is 5.32 Å².